The van der Waals surface area contributed by atoms with Gasteiger partial charge in [-0.05, 0) is 29.5 Å². The molecule has 15 heavy (non-hydrogen) atoms. The fraction of sp³-hybridized carbons (Fsp3) is 0.200. The van der Waals surface area contributed by atoms with E-state index in [0.717, 1.165) is 23.0 Å². The van der Waals surface area contributed by atoms with Crippen molar-refractivity contribution in [3.8, 4) is 5.40 Å². The van der Waals surface area contributed by atoms with Gasteiger partial charge in [0, 0.05) is 17.8 Å². The van der Waals surface area contributed by atoms with Gasteiger partial charge in [-0.1, -0.05) is 17.7 Å². The van der Waals surface area contributed by atoms with E-state index < -0.39 is 5.25 Å². The van der Waals surface area contributed by atoms with E-state index in [1.165, 1.54) is 4.90 Å². The van der Waals surface area contributed by atoms with Gasteiger partial charge in [0.25, 0.3) is 0 Å². The Morgan fingerprint density at radius 2 is 2.33 bits per heavy atom. The molecule has 0 aliphatic carbocycles. The van der Waals surface area contributed by atoms with Crippen molar-refractivity contribution in [2.24, 2.45) is 0 Å². The van der Waals surface area contributed by atoms with Crippen LogP contribution in [0.15, 0.2) is 18.2 Å². The normalized spacial score (nSPS) is 18.9. The Balaban J connectivity index is 2.51. The molecule has 0 fully saturated rings. The van der Waals surface area contributed by atoms with Crippen molar-refractivity contribution >= 4 is 35.0 Å². The molecule has 76 valence electrons. The lowest BCUT2D eigenvalue weighted by atomic mass is 10.1. The molecule has 1 heterocycles. The Kier molecular flexibility index (Phi) is 2.59. The van der Waals surface area contributed by atoms with Gasteiger partial charge >= 0.3 is 0 Å². The van der Waals surface area contributed by atoms with Crippen LogP contribution in [0.25, 0.3) is 0 Å². The smallest absolute Gasteiger partial charge is 0.245 e. The quantitative estimate of drug-likeness (QED) is 0.707. The molecule has 0 radical (unpaired) electrons. The van der Waals surface area contributed by atoms with Gasteiger partial charge in [0.1, 0.15) is 10.7 Å². The Labute approximate surface area is 96.6 Å². The second kappa shape index (κ2) is 3.76. The second-order valence-electron chi connectivity index (χ2n) is 3.19. The first kappa shape index (κ1) is 10.3. The van der Waals surface area contributed by atoms with E-state index >= 15 is 0 Å². The maximum atomic E-state index is 11.8. The Bertz CT molecular complexity index is 469. The lowest BCUT2D eigenvalue weighted by Crippen LogP contribution is -2.22. The van der Waals surface area contributed by atoms with Crippen LogP contribution in [0.2, 0.25) is 5.02 Å². The summed E-state index contributed by atoms with van der Waals surface area (Å²) < 4.78 is 0. The summed E-state index contributed by atoms with van der Waals surface area (Å²) >= 11 is 6.82. The number of nitriles is 1. The summed E-state index contributed by atoms with van der Waals surface area (Å²) in [5.41, 5.74) is 1.65. The van der Waals surface area contributed by atoms with Gasteiger partial charge in [-0.3, -0.25) is 4.79 Å². The van der Waals surface area contributed by atoms with Crippen LogP contribution in [-0.4, -0.2) is 13.0 Å². The van der Waals surface area contributed by atoms with Crippen LogP contribution in [-0.2, 0) is 4.79 Å². The van der Waals surface area contributed by atoms with Crippen LogP contribution in [0.5, 0.6) is 0 Å². The standard InChI is InChI=1S/C10H7ClN2OS/c1-13-8-4-6(11)2-3-7(8)9(10(13)14)15-5-12/h2-4,9H,1H3. The molecule has 1 aromatic carbocycles. The van der Waals surface area contributed by atoms with Crippen molar-refractivity contribution in [3.63, 3.8) is 0 Å². The third kappa shape index (κ3) is 1.58. The van der Waals surface area contributed by atoms with Gasteiger partial charge in [-0.2, -0.15) is 5.26 Å². The molecule has 1 aliphatic heterocycles. The molecular formula is C10H7ClN2OS. The molecular weight excluding hydrogens is 232 g/mol. The Morgan fingerprint density at radius 1 is 1.60 bits per heavy atom. The second-order valence-corrected chi connectivity index (χ2v) is 4.52. The fourth-order valence-corrected chi connectivity index (χ4v) is 2.48. The zero-order valence-corrected chi connectivity index (χ0v) is 9.47. The third-order valence-electron chi connectivity index (χ3n) is 2.36. The number of anilines is 1. The van der Waals surface area contributed by atoms with E-state index in [-0.39, 0.29) is 5.91 Å². The number of carbonyl (C=O) groups excluding carboxylic acids is 1. The third-order valence-corrected chi connectivity index (χ3v) is 3.39. The van der Waals surface area contributed by atoms with E-state index in [0.29, 0.717) is 5.02 Å². The highest BCUT2D eigenvalue weighted by molar-refractivity contribution is 8.04. The number of rotatable bonds is 1. The van der Waals surface area contributed by atoms with Gasteiger partial charge in [0.2, 0.25) is 5.91 Å². The highest BCUT2D eigenvalue weighted by atomic mass is 35.5. The minimum Gasteiger partial charge on any atom is -0.314 e. The molecule has 0 N–H and O–H groups in total. The van der Waals surface area contributed by atoms with Gasteiger partial charge in [0.05, 0.1) is 0 Å². The Morgan fingerprint density at radius 3 is 3.00 bits per heavy atom. The number of carbonyl (C=O) groups is 1. The number of benzene rings is 1. The molecule has 0 spiro atoms. The number of amides is 1. The highest BCUT2D eigenvalue weighted by Crippen LogP contribution is 2.43. The lowest BCUT2D eigenvalue weighted by molar-refractivity contribution is -0.117. The molecule has 3 nitrogen and oxygen atoms in total. The van der Waals surface area contributed by atoms with Crippen LogP contribution in [0.4, 0.5) is 5.69 Å². The van der Waals surface area contributed by atoms with Crippen LogP contribution >= 0.6 is 23.4 Å². The number of hydrogen-bond acceptors (Lipinski definition) is 3. The molecule has 0 saturated heterocycles. The number of likely N-dealkylation sites (N-methyl/N-ethyl adjacent to an activating group) is 1. The van der Waals surface area contributed by atoms with Crippen LogP contribution in [0.1, 0.15) is 10.8 Å². The predicted octanol–water partition coefficient (Wildman–Crippen LogP) is 2.57. The molecule has 0 bridgehead atoms. The van der Waals surface area contributed by atoms with Crippen molar-refractivity contribution in [1.29, 1.82) is 5.26 Å². The van der Waals surface area contributed by atoms with E-state index in [2.05, 4.69) is 0 Å². The summed E-state index contributed by atoms with van der Waals surface area (Å²) in [5.74, 6) is -0.0705. The van der Waals surface area contributed by atoms with Crippen LogP contribution in [0.3, 0.4) is 0 Å². The number of halogens is 1. The summed E-state index contributed by atoms with van der Waals surface area (Å²) in [4.78, 5) is 13.3. The van der Waals surface area contributed by atoms with E-state index in [9.17, 15) is 4.79 Å². The maximum Gasteiger partial charge on any atom is 0.245 e. The van der Waals surface area contributed by atoms with Crippen LogP contribution < -0.4 is 4.90 Å². The maximum absolute atomic E-state index is 11.8. The van der Waals surface area contributed by atoms with Crippen molar-refractivity contribution < 1.29 is 4.79 Å². The molecule has 0 saturated carbocycles. The van der Waals surface area contributed by atoms with Gasteiger partial charge in [0.15, 0.2) is 0 Å². The molecule has 1 atom stereocenters. The fourth-order valence-electron chi connectivity index (χ4n) is 1.62. The lowest BCUT2D eigenvalue weighted by Gasteiger charge is -2.09. The predicted molar refractivity (Wildman–Crippen MR) is 60.8 cm³/mol. The minimum absolute atomic E-state index is 0.0705. The average molecular weight is 239 g/mol. The zero-order chi connectivity index (χ0) is 11.0. The van der Waals surface area contributed by atoms with E-state index in [1.807, 2.05) is 5.40 Å². The molecule has 1 aromatic rings. The number of fused-ring (bicyclic) bond motifs is 1. The zero-order valence-electron chi connectivity index (χ0n) is 7.90. The van der Waals surface area contributed by atoms with E-state index in [4.69, 9.17) is 16.9 Å². The molecule has 2 rings (SSSR count). The van der Waals surface area contributed by atoms with Crippen molar-refractivity contribution in [2.45, 2.75) is 5.25 Å². The van der Waals surface area contributed by atoms with Gasteiger partial charge in [-0.25, -0.2) is 0 Å². The van der Waals surface area contributed by atoms with Gasteiger partial charge < -0.3 is 4.90 Å². The number of nitrogens with zero attached hydrogens (tertiary/aromatic N) is 2. The monoisotopic (exact) mass is 238 g/mol. The SMILES string of the molecule is CN1C(=O)C(SC#N)c2ccc(Cl)cc21. The summed E-state index contributed by atoms with van der Waals surface area (Å²) in [6, 6.07) is 5.28. The highest BCUT2D eigenvalue weighted by Gasteiger charge is 2.35. The summed E-state index contributed by atoms with van der Waals surface area (Å²) in [6.45, 7) is 0. The molecule has 5 heteroatoms. The molecule has 0 aromatic heterocycles. The summed E-state index contributed by atoms with van der Waals surface area (Å²) in [6.07, 6.45) is 0. The molecule has 1 unspecified atom stereocenters. The first-order valence-corrected chi connectivity index (χ1v) is 5.52. The van der Waals surface area contributed by atoms with Crippen LogP contribution in [0, 0.1) is 10.7 Å². The number of hydrogen-bond donors (Lipinski definition) is 0. The Hall–Kier alpha value is -1.18. The van der Waals surface area contributed by atoms with E-state index in [1.54, 1.807) is 25.2 Å². The van der Waals surface area contributed by atoms with Crippen molar-refractivity contribution in [2.75, 3.05) is 11.9 Å². The average Bonchev–Trinajstić information content (AvgIpc) is 2.44. The molecule has 1 amide bonds. The summed E-state index contributed by atoms with van der Waals surface area (Å²) in [5, 5.41) is 10.8. The van der Waals surface area contributed by atoms with Crippen molar-refractivity contribution in [3.05, 3.63) is 28.8 Å². The first-order chi connectivity index (χ1) is 7.15. The topological polar surface area (TPSA) is 44.1 Å². The minimum atomic E-state index is -0.410. The largest absolute Gasteiger partial charge is 0.314 e. The van der Waals surface area contributed by atoms with Crippen molar-refractivity contribution in [1.82, 2.24) is 0 Å². The first-order valence-electron chi connectivity index (χ1n) is 4.27. The molecule has 1 aliphatic rings. The number of thiocyanates is 1. The van der Waals surface area contributed by atoms with Gasteiger partial charge in [-0.15, -0.1) is 0 Å². The summed E-state index contributed by atoms with van der Waals surface area (Å²) in [7, 11) is 1.69. The number of thioether (sulfide) groups is 1.